The first-order valence-electron chi connectivity index (χ1n) is 7.80. The van der Waals surface area contributed by atoms with E-state index in [1.54, 1.807) is 0 Å². The Morgan fingerprint density at radius 1 is 1.11 bits per heavy atom. The lowest BCUT2D eigenvalue weighted by atomic mass is 9.88. The SMILES string of the molecule is Brc1ccccc1C(CNC1CC1)CC1CCCC1. The van der Waals surface area contributed by atoms with Crippen molar-refractivity contribution in [2.24, 2.45) is 5.92 Å². The van der Waals surface area contributed by atoms with Crippen molar-refractivity contribution in [3.05, 3.63) is 34.3 Å². The maximum Gasteiger partial charge on any atom is 0.0210 e. The summed E-state index contributed by atoms with van der Waals surface area (Å²) in [5, 5.41) is 3.74. The van der Waals surface area contributed by atoms with Gasteiger partial charge in [0, 0.05) is 17.1 Å². The molecular weight excluding hydrogens is 298 g/mol. The maximum atomic E-state index is 3.74. The third-order valence-corrected chi connectivity index (χ3v) is 5.39. The van der Waals surface area contributed by atoms with Crippen LogP contribution < -0.4 is 5.32 Å². The standard InChI is InChI=1S/C17H24BrN/c18-17-8-4-3-7-16(17)14(12-19-15-9-10-15)11-13-5-1-2-6-13/h3-4,7-8,13-15,19H,1-2,5-6,9-12H2. The van der Waals surface area contributed by atoms with Crippen LogP contribution in [0.5, 0.6) is 0 Å². The van der Waals surface area contributed by atoms with Gasteiger partial charge in [0.05, 0.1) is 0 Å². The molecule has 3 rings (SSSR count). The van der Waals surface area contributed by atoms with Gasteiger partial charge in [-0.2, -0.15) is 0 Å². The molecule has 0 bridgehead atoms. The van der Waals surface area contributed by atoms with Crippen molar-refractivity contribution in [2.75, 3.05) is 6.54 Å². The van der Waals surface area contributed by atoms with Crippen LogP contribution in [-0.4, -0.2) is 12.6 Å². The molecule has 0 radical (unpaired) electrons. The Balaban J connectivity index is 1.68. The Morgan fingerprint density at radius 2 is 1.84 bits per heavy atom. The molecule has 19 heavy (non-hydrogen) atoms. The molecule has 2 aliphatic rings. The highest BCUT2D eigenvalue weighted by molar-refractivity contribution is 9.10. The molecule has 0 heterocycles. The molecule has 1 aromatic rings. The summed E-state index contributed by atoms with van der Waals surface area (Å²) in [7, 11) is 0. The van der Waals surface area contributed by atoms with Crippen LogP contribution in [0.25, 0.3) is 0 Å². The number of halogens is 1. The summed E-state index contributed by atoms with van der Waals surface area (Å²) in [4.78, 5) is 0. The van der Waals surface area contributed by atoms with E-state index in [-0.39, 0.29) is 0 Å². The Labute approximate surface area is 125 Å². The van der Waals surface area contributed by atoms with Crippen molar-refractivity contribution in [3.8, 4) is 0 Å². The van der Waals surface area contributed by atoms with Crippen molar-refractivity contribution >= 4 is 15.9 Å². The summed E-state index contributed by atoms with van der Waals surface area (Å²) in [6.45, 7) is 1.16. The van der Waals surface area contributed by atoms with Gasteiger partial charge in [0.2, 0.25) is 0 Å². The van der Waals surface area contributed by atoms with E-state index in [9.17, 15) is 0 Å². The molecule has 0 amide bonds. The topological polar surface area (TPSA) is 12.0 Å². The summed E-state index contributed by atoms with van der Waals surface area (Å²) in [6.07, 6.45) is 9.92. The molecule has 1 aromatic carbocycles. The van der Waals surface area contributed by atoms with Gasteiger partial charge in [0.25, 0.3) is 0 Å². The predicted octanol–water partition coefficient (Wildman–Crippen LogP) is 4.87. The van der Waals surface area contributed by atoms with Crippen molar-refractivity contribution < 1.29 is 0 Å². The molecule has 0 aromatic heterocycles. The molecule has 104 valence electrons. The van der Waals surface area contributed by atoms with Gasteiger partial charge in [-0.05, 0) is 42.7 Å². The first-order valence-corrected chi connectivity index (χ1v) is 8.60. The minimum Gasteiger partial charge on any atom is -0.313 e. The van der Waals surface area contributed by atoms with Crippen LogP contribution in [0.1, 0.15) is 56.4 Å². The molecular formula is C17H24BrN. The first-order chi connectivity index (χ1) is 9.33. The predicted molar refractivity (Wildman–Crippen MR) is 84.5 cm³/mol. The molecule has 1 unspecified atom stereocenters. The lowest BCUT2D eigenvalue weighted by Crippen LogP contribution is -2.25. The van der Waals surface area contributed by atoms with Gasteiger partial charge in [-0.3, -0.25) is 0 Å². The largest absolute Gasteiger partial charge is 0.313 e. The summed E-state index contributed by atoms with van der Waals surface area (Å²) in [5.74, 6) is 1.64. The Morgan fingerprint density at radius 3 is 2.53 bits per heavy atom. The third kappa shape index (κ3) is 3.82. The fourth-order valence-electron chi connectivity index (χ4n) is 3.37. The summed E-state index contributed by atoms with van der Waals surface area (Å²) in [6, 6.07) is 9.60. The average molecular weight is 322 g/mol. The van der Waals surface area contributed by atoms with Crippen LogP contribution in [0.15, 0.2) is 28.7 Å². The van der Waals surface area contributed by atoms with E-state index >= 15 is 0 Å². The second-order valence-electron chi connectivity index (χ2n) is 6.29. The lowest BCUT2D eigenvalue weighted by Gasteiger charge is -2.22. The van der Waals surface area contributed by atoms with E-state index in [0.717, 1.165) is 18.5 Å². The number of rotatable bonds is 6. The summed E-state index contributed by atoms with van der Waals surface area (Å²) < 4.78 is 1.29. The number of hydrogen-bond donors (Lipinski definition) is 1. The first kappa shape index (κ1) is 13.6. The molecule has 1 N–H and O–H groups in total. The smallest absolute Gasteiger partial charge is 0.0210 e. The fraction of sp³-hybridized carbons (Fsp3) is 0.647. The van der Waals surface area contributed by atoms with Crippen molar-refractivity contribution in [2.45, 2.75) is 56.9 Å². The van der Waals surface area contributed by atoms with Crippen molar-refractivity contribution in [1.29, 1.82) is 0 Å². The zero-order valence-corrected chi connectivity index (χ0v) is 13.2. The number of nitrogens with one attached hydrogen (secondary N) is 1. The zero-order chi connectivity index (χ0) is 13.1. The molecule has 2 aliphatic carbocycles. The van der Waals surface area contributed by atoms with Crippen LogP contribution in [0, 0.1) is 5.92 Å². The summed E-state index contributed by atoms with van der Waals surface area (Å²) >= 11 is 3.74. The van der Waals surface area contributed by atoms with E-state index < -0.39 is 0 Å². The molecule has 2 heteroatoms. The maximum absolute atomic E-state index is 3.74. The molecule has 1 nitrogen and oxygen atoms in total. The quantitative estimate of drug-likeness (QED) is 0.788. The van der Waals surface area contributed by atoms with E-state index in [0.29, 0.717) is 5.92 Å². The Hall–Kier alpha value is -0.340. The molecule has 0 saturated heterocycles. The second-order valence-corrected chi connectivity index (χ2v) is 7.14. The van der Waals surface area contributed by atoms with Crippen LogP contribution >= 0.6 is 15.9 Å². The van der Waals surface area contributed by atoms with Gasteiger partial charge in [0.1, 0.15) is 0 Å². The third-order valence-electron chi connectivity index (χ3n) is 4.67. The molecule has 0 aliphatic heterocycles. The zero-order valence-electron chi connectivity index (χ0n) is 11.6. The van der Waals surface area contributed by atoms with Crippen molar-refractivity contribution in [3.63, 3.8) is 0 Å². The monoisotopic (exact) mass is 321 g/mol. The van der Waals surface area contributed by atoms with E-state index in [1.807, 2.05) is 0 Å². The highest BCUT2D eigenvalue weighted by atomic mass is 79.9. The lowest BCUT2D eigenvalue weighted by molar-refractivity contribution is 0.425. The minimum absolute atomic E-state index is 0.680. The van der Waals surface area contributed by atoms with E-state index in [1.165, 1.54) is 55.0 Å². The molecule has 2 fully saturated rings. The highest BCUT2D eigenvalue weighted by Gasteiger charge is 2.26. The van der Waals surface area contributed by atoms with E-state index in [4.69, 9.17) is 0 Å². The van der Waals surface area contributed by atoms with Crippen LogP contribution in [-0.2, 0) is 0 Å². The molecule has 1 atom stereocenters. The Bertz CT molecular complexity index is 407. The van der Waals surface area contributed by atoms with Gasteiger partial charge in [0.15, 0.2) is 0 Å². The average Bonchev–Trinajstić information content (AvgIpc) is 3.11. The van der Waals surface area contributed by atoms with Crippen LogP contribution in [0.4, 0.5) is 0 Å². The van der Waals surface area contributed by atoms with E-state index in [2.05, 4.69) is 45.5 Å². The number of benzene rings is 1. The Kier molecular flexibility index (Phi) is 4.60. The van der Waals surface area contributed by atoms with Crippen molar-refractivity contribution in [1.82, 2.24) is 5.32 Å². The molecule has 2 saturated carbocycles. The number of hydrogen-bond acceptors (Lipinski definition) is 1. The van der Waals surface area contributed by atoms with Gasteiger partial charge in [-0.25, -0.2) is 0 Å². The summed E-state index contributed by atoms with van der Waals surface area (Å²) in [5.41, 5.74) is 1.50. The normalized spacial score (nSPS) is 21.7. The van der Waals surface area contributed by atoms with Crippen LogP contribution in [0.3, 0.4) is 0 Å². The fourth-order valence-corrected chi connectivity index (χ4v) is 3.98. The molecule has 0 spiro atoms. The minimum atomic E-state index is 0.680. The van der Waals surface area contributed by atoms with Crippen LogP contribution in [0.2, 0.25) is 0 Å². The van der Waals surface area contributed by atoms with Gasteiger partial charge in [-0.1, -0.05) is 59.8 Å². The highest BCUT2D eigenvalue weighted by Crippen LogP contribution is 2.36. The van der Waals surface area contributed by atoms with Gasteiger partial charge < -0.3 is 5.32 Å². The van der Waals surface area contributed by atoms with Gasteiger partial charge >= 0.3 is 0 Å². The van der Waals surface area contributed by atoms with Gasteiger partial charge in [-0.15, -0.1) is 0 Å². The second kappa shape index (κ2) is 6.41.